The molecule has 0 aliphatic rings. The fourth-order valence-electron chi connectivity index (χ4n) is 1.63. The van der Waals surface area contributed by atoms with Gasteiger partial charge in [0.05, 0.1) is 22.2 Å². The quantitative estimate of drug-likeness (QED) is 0.751. The van der Waals surface area contributed by atoms with Crippen LogP contribution in [-0.2, 0) is 10.0 Å². The number of aliphatic hydroxyl groups excluding tert-OH is 1. The summed E-state index contributed by atoms with van der Waals surface area (Å²) in [6, 6.07) is 4.22. The van der Waals surface area contributed by atoms with Gasteiger partial charge in [0.1, 0.15) is 0 Å². The molecule has 7 heteroatoms. The van der Waals surface area contributed by atoms with Crippen molar-refractivity contribution >= 4 is 27.3 Å². The van der Waals surface area contributed by atoms with E-state index in [0.29, 0.717) is 11.6 Å². The monoisotopic (exact) mass is 306 g/mol. The van der Waals surface area contributed by atoms with Crippen LogP contribution in [0.3, 0.4) is 0 Å². The first kappa shape index (κ1) is 16.2. The molecule has 0 aliphatic carbocycles. The third-order valence-electron chi connectivity index (χ3n) is 2.72. The van der Waals surface area contributed by atoms with E-state index < -0.39 is 10.0 Å². The molecule has 5 nitrogen and oxygen atoms in total. The molecule has 3 N–H and O–H groups in total. The number of halogens is 1. The molecule has 19 heavy (non-hydrogen) atoms. The van der Waals surface area contributed by atoms with Crippen LogP contribution in [0.25, 0.3) is 0 Å². The Labute approximate surface area is 119 Å². The van der Waals surface area contributed by atoms with Crippen LogP contribution in [-0.4, -0.2) is 37.5 Å². The Hall–Kier alpha value is -0.820. The third kappa shape index (κ3) is 4.07. The number of aliphatic hydroxyl groups is 1. The molecule has 0 saturated heterocycles. The van der Waals surface area contributed by atoms with Crippen molar-refractivity contribution < 1.29 is 13.5 Å². The van der Waals surface area contributed by atoms with Crippen molar-refractivity contribution in [2.75, 3.05) is 25.4 Å². The maximum Gasteiger partial charge on any atom is 0.243 e. The minimum absolute atomic E-state index is 0.0743. The Morgan fingerprint density at radius 2 is 2.05 bits per heavy atom. The number of nitrogens with two attached hydrogens (primary N) is 1. The zero-order valence-electron chi connectivity index (χ0n) is 10.8. The molecule has 0 saturated carbocycles. The molecule has 0 radical (unpaired) electrons. The lowest BCUT2D eigenvalue weighted by Gasteiger charge is -2.21. The Morgan fingerprint density at radius 1 is 1.37 bits per heavy atom. The Morgan fingerprint density at radius 3 is 2.58 bits per heavy atom. The molecular weight excluding hydrogens is 288 g/mol. The molecule has 0 bridgehead atoms. The fraction of sp³-hybridized carbons (Fsp3) is 0.500. The molecule has 108 valence electrons. The second-order valence-electron chi connectivity index (χ2n) is 4.16. The van der Waals surface area contributed by atoms with Gasteiger partial charge in [-0.15, -0.1) is 0 Å². The maximum absolute atomic E-state index is 12.4. The van der Waals surface area contributed by atoms with E-state index in [1.807, 2.05) is 6.92 Å². The Balaban J connectivity index is 3.07. The van der Waals surface area contributed by atoms with E-state index in [9.17, 15) is 8.42 Å². The molecular formula is C12H19ClN2O3S. The average Bonchev–Trinajstić information content (AvgIpc) is 2.37. The van der Waals surface area contributed by atoms with Crippen LogP contribution in [0, 0.1) is 0 Å². The molecule has 0 unspecified atom stereocenters. The first-order chi connectivity index (χ1) is 8.93. The van der Waals surface area contributed by atoms with Gasteiger partial charge in [-0.1, -0.05) is 24.9 Å². The first-order valence-electron chi connectivity index (χ1n) is 6.09. The van der Waals surface area contributed by atoms with E-state index in [2.05, 4.69) is 0 Å². The minimum Gasteiger partial charge on any atom is -0.397 e. The number of nitrogens with zero attached hydrogens (tertiary/aromatic N) is 1. The largest absolute Gasteiger partial charge is 0.397 e. The summed E-state index contributed by atoms with van der Waals surface area (Å²) >= 11 is 5.78. The highest BCUT2D eigenvalue weighted by Crippen LogP contribution is 2.24. The summed E-state index contributed by atoms with van der Waals surface area (Å²) in [4.78, 5) is 0.0963. The van der Waals surface area contributed by atoms with Crippen molar-refractivity contribution in [3.05, 3.63) is 23.2 Å². The van der Waals surface area contributed by atoms with Crippen molar-refractivity contribution in [1.29, 1.82) is 0 Å². The van der Waals surface area contributed by atoms with Crippen molar-refractivity contribution in [3.8, 4) is 0 Å². The Kier molecular flexibility index (Phi) is 6.06. The van der Waals surface area contributed by atoms with Crippen molar-refractivity contribution in [2.24, 2.45) is 0 Å². The van der Waals surface area contributed by atoms with Gasteiger partial charge < -0.3 is 10.8 Å². The molecule has 0 spiro atoms. The van der Waals surface area contributed by atoms with Crippen LogP contribution >= 0.6 is 11.6 Å². The van der Waals surface area contributed by atoms with Crippen molar-refractivity contribution in [1.82, 2.24) is 4.31 Å². The molecule has 0 atom stereocenters. The van der Waals surface area contributed by atoms with E-state index in [0.717, 1.165) is 12.8 Å². The van der Waals surface area contributed by atoms with Crippen LogP contribution in [0.5, 0.6) is 0 Å². The van der Waals surface area contributed by atoms with Crippen LogP contribution in [0.4, 0.5) is 5.69 Å². The SMILES string of the molecule is CCCCN(CCO)S(=O)(=O)c1ccc(Cl)c(N)c1. The zero-order chi connectivity index (χ0) is 14.5. The smallest absolute Gasteiger partial charge is 0.243 e. The van der Waals surface area contributed by atoms with Crippen molar-refractivity contribution in [2.45, 2.75) is 24.7 Å². The highest BCUT2D eigenvalue weighted by Gasteiger charge is 2.23. The van der Waals surface area contributed by atoms with Gasteiger partial charge in [0, 0.05) is 13.1 Å². The van der Waals surface area contributed by atoms with Crippen LogP contribution in [0.15, 0.2) is 23.1 Å². The minimum atomic E-state index is -3.64. The summed E-state index contributed by atoms with van der Waals surface area (Å²) < 4.78 is 26.1. The van der Waals surface area contributed by atoms with Gasteiger partial charge in [0.15, 0.2) is 0 Å². The van der Waals surface area contributed by atoms with Gasteiger partial charge in [0.25, 0.3) is 0 Å². The summed E-state index contributed by atoms with van der Waals surface area (Å²) in [6.07, 6.45) is 1.61. The van der Waals surface area contributed by atoms with Gasteiger partial charge in [0.2, 0.25) is 10.0 Å². The molecule has 1 rings (SSSR count). The van der Waals surface area contributed by atoms with Crippen molar-refractivity contribution in [3.63, 3.8) is 0 Å². The lowest BCUT2D eigenvalue weighted by atomic mass is 10.3. The van der Waals surface area contributed by atoms with Crippen LogP contribution < -0.4 is 5.73 Å². The summed E-state index contributed by atoms with van der Waals surface area (Å²) in [5, 5.41) is 9.31. The molecule has 0 fully saturated rings. The molecule has 1 aromatic rings. The number of benzene rings is 1. The highest BCUT2D eigenvalue weighted by atomic mass is 35.5. The second kappa shape index (κ2) is 7.09. The van der Waals surface area contributed by atoms with Crippen LogP contribution in [0.2, 0.25) is 5.02 Å². The van der Waals surface area contributed by atoms with E-state index in [1.165, 1.54) is 22.5 Å². The molecule has 0 aromatic heterocycles. The Bertz CT molecular complexity index is 520. The average molecular weight is 307 g/mol. The highest BCUT2D eigenvalue weighted by molar-refractivity contribution is 7.89. The second-order valence-corrected chi connectivity index (χ2v) is 6.51. The zero-order valence-corrected chi connectivity index (χ0v) is 12.4. The molecule has 0 heterocycles. The summed E-state index contributed by atoms with van der Waals surface area (Å²) in [5.41, 5.74) is 5.85. The normalized spacial score (nSPS) is 12.0. The third-order valence-corrected chi connectivity index (χ3v) is 4.95. The number of hydrogen-bond donors (Lipinski definition) is 2. The topological polar surface area (TPSA) is 83.6 Å². The lowest BCUT2D eigenvalue weighted by Crippen LogP contribution is -2.34. The lowest BCUT2D eigenvalue weighted by molar-refractivity contribution is 0.252. The summed E-state index contributed by atoms with van der Waals surface area (Å²) in [6.45, 7) is 2.21. The van der Waals surface area contributed by atoms with E-state index in [1.54, 1.807) is 0 Å². The summed E-state index contributed by atoms with van der Waals surface area (Å²) in [5.74, 6) is 0. The number of sulfonamides is 1. The fourth-order valence-corrected chi connectivity index (χ4v) is 3.25. The molecule has 1 aromatic carbocycles. The number of unbranched alkanes of at least 4 members (excludes halogenated alkanes) is 1. The summed E-state index contributed by atoms with van der Waals surface area (Å²) in [7, 11) is -3.64. The predicted octanol–water partition coefficient (Wildman–Crippen LogP) is 1.71. The van der Waals surface area contributed by atoms with Gasteiger partial charge >= 0.3 is 0 Å². The van der Waals surface area contributed by atoms with Gasteiger partial charge in [-0.25, -0.2) is 8.42 Å². The molecule has 0 aliphatic heterocycles. The van der Waals surface area contributed by atoms with Gasteiger partial charge in [-0.05, 0) is 24.6 Å². The number of nitrogen functional groups attached to an aromatic ring is 1. The van der Waals surface area contributed by atoms with E-state index >= 15 is 0 Å². The van der Waals surface area contributed by atoms with E-state index in [-0.39, 0.29) is 23.7 Å². The number of rotatable bonds is 7. The number of hydrogen-bond acceptors (Lipinski definition) is 4. The standard InChI is InChI=1S/C12H19ClN2O3S/c1-2-3-6-15(7-8-16)19(17,18)10-4-5-11(13)12(14)9-10/h4-5,9,16H,2-3,6-8,14H2,1H3. The first-order valence-corrected chi connectivity index (χ1v) is 7.91. The maximum atomic E-state index is 12.4. The van der Waals surface area contributed by atoms with Crippen LogP contribution in [0.1, 0.15) is 19.8 Å². The van der Waals surface area contributed by atoms with Gasteiger partial charge in [-0.3, -0.25) is 0 Å². The predicted molar refractivity (Wildman–Crippen MR) is 76.6 cm³/mol. The molecule has 0 amide bonds. The number of anilines is 1. The van der Waals surface area contributed by atoms with Gasteiger partial charge in [-0.2, -0.15) is 4.31 Å². The van der Waals surface area contributed by atoms with E-state index in [4.69, 9.17) is 22.4 Å².